The van der Waals surface area contributed by atoms with Crippen LogP contribution in [0.15, 0.2) is 12.1 Å². The summed E-state index contributed by atoms with van der Waals surface area (Å²) < 4.78 is 31.9. The maximum absolute atomic E-state index is 13.6. The lowest BCUT2D eigenvalue weighted by Gasteiger charge is -2.19. The lowest BCUT2D eigenvalue weighted by Crippen LogP contribution is -2.23. The van der Waals surface area contributed by atoms with Crippen LogP contribution in [-0.2, 0) is 4.74 Å². The molecule has 88 valence electrons. The molecule has 1 saturated heterocycles. The molecule has 2 rings (SSSR count). The number of benzene rings is 1. The summed E-state index contributed by atoms with van der Waals surface area (Å²) in [6.45, 7) is 2.83. The smallest absolute Gasteiger partial charge is 0.130 e. The van der Waals surface area contributed by atoms with Gasteiger partial charge in [0.1, 0.15) is 11.6 Å². The van der Waals surface area contributed by atoms with Gasteiger partial charge in [0, 0.05) is 30.2 Å². The quantitative estimate of drug-likeness (QED) is 0.841. The Labute approximate surface area is 93.4 Å². The van der Waals surface area contributed by atoms with Gasteiger partial charge in [-0.3, -0.25) is 0 Å². The molecule has 0 saturated carbocycles. The SMILES string of the molecule is Cc1cc(C(N)C2CCOC2)c(F)cc1F. The largest absolute Gasteiger partial charge is 0.381 e. The number of aryl methyl sites for hydroxylation is 1. The van der Waals surface area contributed by atoms with Gasteiger partial charge in [-0.25, -0.2) is 8.78 Å². The van der Waals surface area contributed by atoms with E-state index in [0.29, 0.717) is 24.3 Å². The topological polar surface area (TPSA) is 35.2 Å². The molecule has 0 bridgehead atoms. The van der Waals surface area contributed by atoms with Crippen LogP contribution < -0.4 is 5.73 Å². The van der Waals surface area contributed by atoms with E-state index < -0.39 is 17.7 Å². The molecule has 16 heavy (non-hydrogen) atoms. The van der Waals surface area contributed by atoms with E-state index in [9.17, 15) is 8.78 Å². The van der Waals surface area contributed by atoms with Gasteiger partial charge in [0.15, 0.2) is 0 Å². The van der Waals surface area contributed by atoms with Crippen molar-refractivity contribution in [3.05, 3.63) is 34.9 Å². The van der Waals surface area contributed by atoms with E-state index in [0.717, 1.165) is 12.5 Å². The van der Waals surface area contributed by atoms with E-state index in [1.165, 1.54) is 6.07 Å². The predicted molar refractivity (Wildman–Crippen MR) is 56.9 cm³/mol. The van der Waals surface area contributed by atoms with E-state index in [1.54, 1.807) is 6.92 Å². The van der Waals surface area contributed by atoms with Crippen LogP contribution in [0.4, 0.5) is 8.78 Å². The number of halogens is 2. The highest BCUT2D eigenvalue weighted by atomic mass is 19.1. The molecular weight excluding hydrogens is 212 g/mol. The summed E-state index contributed by atoms with van der Waals surface area (Å²) in [5, 5.41) is 0. The van der Waals surface area contributed by atoms with Crippen molar-refractivity contribution in [2.45, 2.75) is 19.4 Å². The third-order valence-electron chi connectivity index (χ3n) is 3.11. The molecule has 1 aromatic carbocycles. The highest BCUT2D eigenvalue weighted by Crippen LogP contribution is 2.29. The van der Waals surface area contributed by atoms with Crippen molar-refractivity contribution >= 4 is 0 Å². The van der Waals surface area contributed by atoms with Gasteiger partial charge in [0.2, 0.25) is 0 Å². The fourth-order valence-electron chi connectivity index (χ4n) is 2.02. The first kappa shape index (κ1) is 11.5. The molecule has 1 aromatic rings. The minimum absolute atomic E-state index is 0.124. The first-order valence-electron chi connectivity index (χ1n) is 5.38. The number of hydrogen-bond donors (Lipinski definition) is 1. The lowest BCUT2D eigenvalue weighted by atomic mass is 9.92. The van der Waals surface area contributed by atoms with Gasteiger partial charge < -0.3 is 10.5 Å². The van der Waals surface area contributed by atoms with Crippen molar-refractivity contribution < 1.29 is 13.5 Å². The first-order chi connectivity index (χ1) is 7.59. The maximum atomic E-state index is 13.6. The molecule has 0 amide bonds. The van der Waals surface area contributed by atoms with E-state index in [-0.39, 0.29) is 5.92 Å². The Kier molecular flexibility index (Phi) is 3.21. The standard InChI is InChI=1S/C12H15F2NO/c1-7-4-9(11(14)5-10(7)13)12(15)8-2-3-16-6-8/h4-5,8,12H,2-3,6,15H2,1H3. The summed E-state index contributed by atoms with van der Waals surface area (Å²) in [5.74, 6) is -0.974. The fourth-order valence-corrected chi connectivity index (χ4v) is 2.02. The second-order valence-electron chi connectivity index (χ2n) is 4.27. The molecule has 1 fully saturated rings. The van der Waals surface area contributed by atoms with Crippen LogP contribution in [0, 0.1) is 24.5 Å². The summed E-state index contributed by atoms with van der Waals surface area (Å²) in [4.78, 5) is 0. The molecule has 4 heteroatoms. The molecule has 0 radical (unpaired) electrons. The molecule has 1 aliphatic heterocycles. The van der Waals surface area contributed by atoms with Crippen molar-refractivity contribution in [2.24, 2.45) is 11.7 Å². The molecule has 1 heterocycles. The van der Waals surface area contributed by atoms with Crippen LogP contribution >= 0.6 is 0 Å². The van der Waals surface area contributed by atoms with E-state index in [4.69, 9.17) is 10.5 Å². The summed E-state index contributed by atoms with van der Waals surface area (Å²) in [6, 6.07) is 1.98. The predicted octanol–water partition coefficient (Wildman–Crippen LogP) is 2.31. The Morgan fingerprint density at radius 3 is 2.75 bits per heavy atom. The summed E-state index contributed by atoms with van der Waals surface area (Å²) >= 11 is 0. The van der Waals surface area contributed by atoms with Crippen molar-refractivity contribution in [1.82, 2.24) is 0 Å². The monoisotopic (exact) mass is 227 g/mol. The first-order valence-corrected chi connectivity index (χ1v) is 5.38. The summed E-state index contributed by atoms with van der Waals surface area (Å²) in [7, 11) is 0. The van der Waals surface area contributed by atoms with Gasteiger partial charge in [-0.1, -0.05) is 0 Å². The van der Waals surface area contributed by atoms with Gasteiger partial charge in [-0.05, 0) is 25.0 Å². The lowest BCUT2D eigenvalue weighted by molar-refractivity contribution is 0.180. The third-order valence-corrected chi connectivity index (χ3v) is 3.11. The Bertz CT molecular complexity index is 389. The van der Waals surface area contributed by atoms with Crippen LogP contribution in [0.1, 0.15) is 23.6 Å². The van der Waals surface area contributed by atoms with Crippen molar-refractivity contribution in [1.29, 1.82) is 0 Å². The molecule has 2 unspecified atom stereocenters. The normalized spacial score (nSPS) is 22.4. The van der Waals surface area contributed by atoms with Gasteiger partial charge in [-0.2, -0.15) is 0 Å². The average molecular weight is 227 g/mol. The molecule has 2 N–H and O–H groups in total. The van der Waals surface area contributed by atoms with Gasteiger partial charge in [0.25, 0.3) is 0 Å². The molecule has 0 aliphatic carbocycles. The number of hydrogen-bond acceptors (Lipinski definition) is 2. The van der Waals surface area contributed by atoms with E-state index in [1.807, 2.05) is 0 Å². The zero-order chi connectivity index (χ0) is 11.7. The van der Waals surface area contributed by atoms with Crippen molar-refractivity contribution in [3.8, 4) is 0 Å². The summed E-state index contributed by atoms with van der Waals surface area (Å²) in [5.41, 5.74) is 6.78. The third kappa shape index (κ3) is 2.08. The van der Waals surface area contributed by atoms with Crippen molar-refractivity contribution in [2.75, 3.05) is 13.2 Å². The van der Waals surface area contributed by atoms with Crippen molar-refractivity contribution in [3.63, 3.8) is 0 Å². The second-order valence-corrected chi connectivity index (χ2v) is 4.27. The van der Waals surface area contributed by atoms with E-state index in [2.05, 4.69) is 0 Å². The zero-order valence-corrected chi connectivity index (χ0v) is 9.17. The number of ether oxygens (including phenoxy) is 1. The number of rotatable bonds is 2. The van der Waals surface area contributed by atoms with Crippen LogP contribution in [0.5, 0.6) is 0 Å². The zero-order valence-electron chi connectivity index (χ0n) is 9.17. The highest BCUT2D eigenvalue weighted by Gasteiger charge is 2.26. The minimum Gasteiger partial charge on any atom is -0.381 e. The van der Waals surface area contributed by atoms with E-state index >= 15 is 0 Å². The second kappa shape index (κ2) is 4.47. The molecular formula is C12H15F2NO. The Balaban J connectivity index is 2.28. The van der Waals surface area contributed by atoms with Gasteiger partial charge in [-0.15, -0.1) is 0 Å². The Morgan fingerprint density at radius 2 is 2.12 bits per heavy atom. The van der Waals surface area contributed by atoms with Gasteiger partial charge in [0.05, 0.1) is 6.61 Å². The van der Waals surface area contributed by atoms with Gasteiger partial charge >= 0.3 is 0 Å². The molecule has 0 aromatic heterocycles. The Hall–Kier alpha value is -1.00. The molecule has 0 spiro atoms. The van der Waals surface area contributed by atoms with Crippen LogP contribution in [-0.4, -0.2) is 13.2 Å². The average Bonchev–Trinajstić information content (AvgIpc) is 2.75. The molecule has 1 aliphatic rings. The highest BCUT2D eigenvalue weighted by molar-refractivity contribution is 5.28. The van der Waals surface area contributed by atoms with Crippen LogP contribution in [0.3, 0.4) is 0 Å². The molecule has 2 nitrogen and oxygen atoms in total. The maximum Gasteiger partial charge on any atom is 0.130 e. The van der Waals surface area contributed by atoms with Crippen LogP contribution in [0.25, 0.3) is 0 Å². The fraction of sp³-hybridized carbons (Fsp3) is 0.500. The number of nitrogens with two attached hydrogens (primary N) is 1. The van der Waals surface area contributed by atoms with Crippen LogP contribution in [0.2, 0.25) is 0 Å². The minimum atomic E-state index is -0.567. The molecule has 2 atom stereocenters. The summed E-state index contributed by atoms with van der Waals surface area (Å²) in [6.07, 6.45) is 0.830. The Morgan fingerprint density at radius 1 is 1.38 bits per heavy atom.